The van der Waals surface area contributed by atoms with Crippen molar-refractivity contribution in [3.8, 4) is 46.3 Å². The fourth-order valence-corrected chi connectivity index (χ4v) is 6.36. The van der Waals surface area contributed by atoms with E-state index in [-0.39, 0.29) is 59.0 Å². The van der Waals surface area contributed by atoms with Crippen molar-refractivity contribution in [3.05, 3.63) is 163 Å². The highest BCUT2D eigenvalue weighted by molar-refractivity contribution is 6.32. The number of nitriles is 2. The molecule has 2 heterocycles. The van der Waals surface area contributed by atoms with Crippen molar-refractivity contribution in [1.29, 1.82) is 10.5 Å². The third kappa shape index (κ3) is 9.14. The molecule has 0 unspecified atom stereocenters. The first-order valence-electron chi connectivity index (χ1n) is 17.2. The lowest BCUT2D eigenvalue weighted by Gasteiger charge is -2.18. The van der Waals surface area contributed by atoms with E-state index in [0.29, 0.717) is 35.6 Å². The summed E-state index contributed by atoms with van der Waals surface area (Å²) in [6.07, 6.45) is 4.37. The maximum absolute atomic E-state index is 11.8. The maximum Gasteiger partial charge on any atom is 0.153 e. The van der Waals surface area contributed by atoms with Crippen LogP contribution < -0.4 is 18.9 Å². The van der Waals surface area contributed by atoms with Crippen molar-refractivity contribution in [2.75, 3.05) is 0 Å². The van der Waals surface area contributed by atoms with E-state index >= 15 is 0 Å². The standard InChI is InChI=1S/C44H32Cl2N4O6/c1-27-31(25-55-43-17-41(33(21-51)15-39(43)45)53-23-29-9-11-49-35(13-29)19-47)5-3-7-37(27)38-8-4-6-32(28(38)2)26-56-44-18-42(34(22-52)16-40(44)46)54-24-30-10-12-50-36(14-30)20-48/h3-18,21-22H,23-26H2,1-2H3. The minimum atomic E-state index is 0.108. The van der Waals surface area contributed by atoms with Gasteiger partial charge in [0.1, 0.15) is 73.0 Å². The molecule has 0 atom stereocenters. The summed E-state index contributed by atoms with van der Waals surface area (Å²) >= 11 is 13.1. The van der Waals surface area contributed by atoms with Crippen molar-refractivity contribution in [2.24, 2.45) is 0 Å². The molecule has 0 N–H and O–H groups in total. The summed E-state index contributed by atoms with van der Waals surface area (Å²) in [4.78, 5) is 31.6. The first kappa shape index (κ1) is 39.0. The second-order valence-electron chi connectivity index (χ2n) is 12.5. The van der Waals surface area contributed by atoms with Crippen LogP contribution in [-0.2, 0) is 26.4 Å². The number of carbonyl (C=O) groups is 2. The average Bonchev–Trinajstić information content (AvgIpc) is 3.22. The van der Waals surface area contributed by atoms with Gasteiger partial charge in [-0.25, -0.2) is 9.97 Å². The molecule has 0 saturated carbocycles. The highest BCUT2D eigenvalue weighted by Crippen LogP contribution is 2.36. The summed E-state index contributed by atoms with van der Waals surface area (Å²) in [5, 5.41) is 18.8. The Balaban J connectivity index is 1.16. The SMILES string of the molecule is Cc1c(COc2cc(OCc3ccnc(C#N)c3)c(C=O)cc2Cl)cccc1-c1cccc(COc2cc(OCc3ccnc(C#N)c3)c(C=O)cc2Cl)c1C. The Morgan fingerprint density at radius 1 is 0.571 bits per heavy atom. The second-order valence-corrected chi connectivity index (χ2v) is 13.3. The van der Waals surface area contributed by atoms with Crippen LogP contribution in [0.2, 0.25) is 10.0 Å². The number of carbonyl (C=O) groups excluding carboxylic acids is 2. The number of ether oxygens (including phenoxy) is 4. The van der Waals surface area contributed by atoms with Gasteiger partial charge in [0, 0.05) is 24.5 Å². The summed E-state index contributed by atoms with van der Waals surface area (Å²) in [5.41, 5.74) is 8.35. The zero-order valence-corrected chi connectivity index (χ0v) is 31.7. The number of nitrogens with zero attached hydrogens (tertiary/aromatic N) is 4. The zero-order chi connectivity index (χ0) is 39.6. The maximum atomic E-state index is 11.8. The molecule has 0 amide bonds. The molecule has 10 nitrogen and oxygen atoms in total. The number of benzene rings is 4. The van der Waals surface area contributed by atoms with Crippen LogP contribution in [0.25, 0.3) is 11.1 Å². The molecule has 278 valence electrons. The van der Waals surface area contributed by atoms with Crippen molar-refractivity contribution in [1.82, 2.24) is 9.97 Å². The molecule has 0 bridgehead atoms. The van der Waals surface area contributed by atoms with E-state index in [2.05, 4.69) is 9.97 Å². The van der Waals surface area contributed by atoms with Crippen LogP contribution >= 0.6 is 23.2 Å². The highest BCUT2D eigenvalue weighted by Gasteiger charge is 2.16. The number of hydrogen-bond donors (Lipinski definition) is 0. The second kappa shape index (κ2) is 18.1. The molecule has 6 aromatic rings. The van der Waals surface area contributed by atoms with E-state index in [9.17, 15) is 9.59 Å². The first-order chi connectivity index (χ1) is 27.2. The Morgan fingerprint density at radius 2 is 0.982 bits per heavy atom. The predicted molar refractivity (Wildman–Crippen MR) is 210 cm³/mol. The molecule has 12 heteroatoms. The van der Waals surface area contributed by atoms with Gasteiger partial charge in [0.15, 0.2) is 12.6 Å². The monoisotopic (exact) mass is 782 g/mol. The van der Waals surface area contributed by atoms with Gasteiger partial charge in [0.05, 0.1) is 21.2 Å². The van der Waals surface area contributed by atoms with Crippen LogP contribution in [0.4, 0.5) is 0 Å². The number of pyridine rings is 2. The Bertz CT molecular complexity index is 2350. The van der Waals surface area contributed by atoms with Crippen LogP contribution in [0.3, 0.4) is 0 Å². The van der Waals surface area contributed by atoms with Crippen molar-refractivity contribution in [2.45, 2.75) is 40.3 Å². The van der Waals surface area contributed by atoms with Gasteiger partial charge in [-0.1, -0.05) is 59.6 Å². The van der Waals surface area contributed by atoms with E-state index in [0.717, 1.165) is 44.5 Å². The summed E-state index contributed by atoms with van der Waals surface area (Å²) in [7, 11) is 0. The Hall–Kier alpha value is -6.72. The fourth-order valence-electron chi connectivity index (χ4n) is 5.90. The van der Waals surface area contributed by atoms with Gasteiger partial charge in [-0.3, -0.25) is 9.59 Å². The largest absolute Gasteiger partial charge is 0.488 e. The number of halogens is 2. The van der Waals surface area contributed by atoms with E-state index < -0.39 is 0 Å². The van der Waals surface area contributed by atoms with Gasteiger partial charge in [-0.15, -0.1) is 0 Å². The Labute approximate surface area is 333 Å². The van der Waals surface area contributed by atoms with E-state index in [1.165, 1.54) is 24.5 Å². The third-order valence-electron chi connectivity index (χ3n) is 9.00. The van der Waals surface area contributed by atoms with E-state index in [4.69, 9.17) is 52.7 Å². The zero-order valence-electron chi connectivity index (χ0n) is 30.2. The molecule has 0 saturated heterocycles. The fraction of sp³-hybridized carbons (Fsp3) is 0.136. The number of hydrogen-bond acceptors (Lipinski definition) is 10. The molecule has 56 heavy (non-hydrogen) atoms. The summed E-state index contributed by atoms with van der Waals surface area (Å²) < 4.78 is 24.3. The van der Waals surface area contributed by atoms with E-state index in [1.807, 2.05) is 62.4 Å². The lowest BCUT2D eigenvalue weighted by molar-refractivity contribution is 0.111. The number of aromatic nitrogens is 2. The molecule has 0 fully saturated rings. The highest BCUT2D eigenvalue weighted by atomic mass is 35.5. The molecule has 4 aromatic carbocycles. The molecule has 0 spiro atoms. The van der Waals surface area contributed by atoms with Gasteiger partial charge in [0.25, 0.3) is 0 Å². The molecule has 0 aliphatic rings. The van der Waals surface area contributed by atoms with Gasteiger partial charge in [0.2, 0.25) is 0 Å². The average molecular weight is 784 g/mol. The Kier molecular flexibility index (Phi) is 12.6. The molecule has 0 radical (unpaired) electrons. The molecular weight excluding hydrogens is 751 g/mol. The smallest absolute Gasteiger partial charge is 0.153 e. The summed E-state index contributed by atoms with van der Waals surface area (Å²) in [6.45, 7) is 4.65. The van der Waals surface area contributed by atoms with Crippen LogP contribution in [0.15, 0.2) is 97.3 Å². The van der Waals surface area contributed by atoms with Gasteiger partial charge in [-0.05, 0) is 94.8 Å². The van der Waals surface area contributed by atoms with Crippen molar-refractivity contribution in [3.63, 3.8) is 0 Å². The Morgan fingerprint density at radius 3 is 1.38 bits per heavy atom. The quantitative estimate of drug-likeness (QED) is 0.0923. The summed E-state index contributed by atoms with van der Waals surface area (Å²) in [6, 6.07) is 28.8. The van der Waals surface area contributed by atoms with Crippen LogP contribution in [0.5, 0.6) is 23.0 Å². The third-order valence-corrected chi connectivity index (χ3v) is 9.59. The minimum absolute atomic E-state index is 0.108. The van der Waals surface area contributed by atoms with Crippen molar-refractivity contribution < 1.29 is 28.5 Å². The van der Waals surface area contributed by atoms with Crippen LogP contribution in [0.1, 0.15) is 65.5 Å². The van der Waals surface area contributed by atoms with Gasteiger partial charge >= 0.3 is 0 Å². The lowest BCUT2D eigenvalue weighted by atomic mass is 9.92. The van der Waals surface area contributed by atoms with Crippen molar-refractivity contribution >= 4 is 35.8 Å². The summed E-state index contributed by atoms with van der Waals surface area (Å²) in [5.74, 6) is 1.27. The molecule has 0 aliphatic heterocycles. The first-order valence-corrected chi connectivity index (χ1v) is 17.9. The topological polar surface area (TPSA) is 144 Å². The number of rotatable bonds is 15. The molecule has 6 rings (SSSR count). The minimum Gasteiger partial charge on any atom is -0.488 e. The van der Waals surface area contributed by atoms with Crippen LogP contribution in [0, 0.1) is 36.5 Å². The molecule has 0 aliphatic carbocycles. The lowest BCUT2D eigenvalue weighted by Crippen LogP contribution is -2.04. The molecular formula is C44H32Cl2N4O6. The van der Waals surface area contributed by atoms with E-state index in [1.54, 1.807) is 36.4 Å². The number of aldehydes is 2. The van der Waals surface area contributed by atoms with Gasteiger partial charge in [-0.2, -0.15) is 10.5 Å². The molecule has 2 aromatic heterocycles. The van der Waals surface area contributed by atoms with Crippen LogP contribution in [-0.4, -0.2) is 22.5 Å². The predicted octanol–water partition coefficient (Wildman–Crippen LogP) is 9.75. The van der Waals surface area contributed by atoms with Gasteiger partial charge < -0.3 is 18.9 Å². The normalized spacial score (nSPS) is 10.5.